The highest BCUT2D eigenvalue weighted by molar-refractivity contribution is 6.30. The third-order valence-electron chi connectivity index (χ3n) is 4.22. The Balaban J connectivity index is 1.87. The van der Waals surface area contributed by atoms with Gasteiger partial charge in [-0.05, 0) is 54.1 Å². The van der Waals surface area contributed by atoms with Gasteiger partial charge in [0, 0.05) is 16.0 Å². The van der Waals surface area contributed by atoms with E-state index in [0.29, 0.717) is 27.4 Å². The standard InChI is InChI=1S/C22H13ClF3NO/c23-17-8-10-18(11-9-17)28-21-19(13-15-4-1-2-7-20(15)27-21)14-5-3-6-16(12-14)22(24,25)26/h1-13H. The van der Waals surface area contributed by atoms with Gasteiger partial charge in [0.2, 0.25) is 5.88 Å². The molecule has 0 fully saturated rings. The molecule has 6 heteroatoms. The molecule has 0 unspecified atom stereocenters. The summed E-state index contributed by atoms with van der Waals surface area (Å²) in [5, 5.41) is 1.36. The number of hydrogen-bond donors (Lipinski definition) is 0. The van der Waals surface area contributed by atoms with E-state index < -0.39 is 11.7 Å². The van der Waals surface area contributed by atoms with E-state index in [-0.39, 0.29) is 5.88 Å². The monoisotopic (exact) mass is 399 g/mol. The molecule has 0 saturated carbocycles. The lowest BCUT2D eigenvalue weighted by Crippen LogP contribution is -2.04. The molecule has 0 amide bonds. The van der Waals surface area contributed by atoms with Crippen molar-refractivity contribution in [3.63, 3.8) is 0 Å². The number of nitrogens with zero attached hydrogens (tertiary/aromatic N) is 1. The maximum absolute atomic E-state index is 13.2. The highest BCUT2D eigenvalue weighted by Crippen LogP contribution is 2.37. The van der Waals surface area contributed by atoms with Crippen LogP contribution in [0, 0.1) is 0 Å². The average molecular weight is 400 g/mol. The van der Waals surface area contributed by atoms with Gasteiger partial charge in [-0.25, -0.2) is 4.98 Å². The summed E-state index contributed by atoms with van der Waals surface area (Å²) in [5.74, 6) is 0.709. The zero-order chi connectivity index (χ0) is 19.7. The van der Waals surface area contributed by atoms with Crippen LogP contribution in [0.3, 0.4) is 0 Å². The fourth-order valence-corrected chi connectivity index (χ4v) is 2.99. The Morgan fingerprint density at radius 2 is 1.57 bits per heavy atom. The second kappa shape index (κ2) is 7.17. The Hall–Kier alpha value is -3.05. The summed E-state index contributed by atoms with van der Waals surface area (Å²) >= 11 is 5.90. The van der Waals surface area contributed by atoms with Gasteiger partial charge >= 0.3 is 6.18 Å². The smallest absolute Gasteiger partial charge is 0.416 e. The first-order valence-corrected chi connectivity index (χ1v) is 8.79. The van der Waals surface area contributed by atoms with Gasteiger partial charge in [-0.15, -0.1) is 0 Å². The van der Waals surface area contributed by atoms with E-state index in [1.165, 1.54) is 6.07 Å². The molecule has 0 spiro atoms. The third-order valence-corrected chi connectivity index (χ3v) is 4.47. The summed E-state index contributed by atoms with van der Waals surface area (Å²) in [6, 6.07) is 20.9. The van der Waals surface area contributed by atoms with Crippen molar-refractivity contribution in [2.45, 2.75) is 6.18 Å². The maximum atomic E-state index is 13.2. The van der Waals surface area contributed by atoms with Crippen LogP contribution in [-0.4, -0.2) is 4.98 Å². The molecule has 0 radical (unpaired) electrons. The van der Waals surface area contributed by atoms with Gasteiger partial charge in [0.15, 0.2) is 0 Å². The summed E-state index contributed by atoms with van der Waals surface area (Å²) in [6.45, 7) is 0. The van der Waals surface area contributed by atoms with Crippen molar-refractivity contribution in [1.29, 1.82) is 0 Å². The molecule has 2 nitrogen and oxygen atoms in total. The molecule has 28 heavy (non-hydrogen) atoms. The van der Waals surface area contributed by atoms with E-state index in [4.69, 9.17) is 16.3 Å². The van der Waals surface area contributed by atoms with Gasteiger partial charge in [0.1, 0.15) is 5.75 Å². The van der Waals surface area contributed by atoms with Crippen LogP contribution >= 0.6 is 11.6 Å². The molecule has 0 bridgehead atoms. The second-order valence-electron chi connectivity index (χ2n) is 6.17. The fourth-order valence-electron chi connectivity index (χ4n) is 2.86. The molecule has 1 heterocycles. The normalized spacial score (nSPS) is 11.6. The molecule has 4 rings (SSSR count). The van der Waals surface area contributed by atoms with Crippen LogP contribution in [0.1, 0.15) is 5.56 Å². The maximum Gasteiger partial charge on any atom is 0.416 e. The molecule has 140 valence electrons. The van der Waals surface area contributed by atoms with Gasteiger partial charge in [0.05, 0.1) is 11.1 Å². The molecule has 0 aliphatic rings. The summed E-state index contributed by atoms with van der Waals surface area (Å²) in [6.07, 6.45) is -4.43. The third kappa shape index (κ3) is 3.80. The van der Waals surface area contributed by atoms with Crippen molar-refractivity contribution in [3.05, 3.63) is 89.4 Å². The van der Waals surface area contributed by atoms with E-state index in [9.17, 15) is 13.2 Å². The molecular formula is C22H13ClF3NO. The molecule has 4 aromatic rings. The number of pyridine rings is 1. The molecule has 0 saturated heterocycles. The predicted molar refractivity (Wildman–Crippen MR) is 104 cm³/mol. The van der Waals surface area contributed by atoms with E-state index in [1.807, 2.05) is 24.3 Å². The van der Waals surface area contributed by atoms with E-state index >= 15 is 0 Å². The first kappa shape index (κ1) is 18.3. The summed E-state index contributed by atoms with van der Waals surface area (Å²) in [7, 11) is 0. The number of fused-ring (bicyclic) bond motifs is 1. The fraction of sp³-hybridized carbons (Fsp3) is 0.0455. The van der Waals surface area contributed by atoms with Crippen molar-refractivity contribution in [3.8, 4) is 22.8 Å². The zero-order valence-electron chi connectivity index (χ0n) is 14.4. The van der Waals surface area contributed by atoms with Crippen LogP contribution in [-0.2, 0) is 6.18 Å². The van der Waals surface area contributed by atoms with Crippen LogP contribution in [0.5, 0.6) is 11.6 Å². The molecular weight excluding hydrogens is 387 g/mol. The Morgan fingerprint density at radius 3 is 2.32 bits per heavy atom. The molecule has 0 aliphatic heterocycles. The van der Waals surface area contributed by atoms with E-state index in [1.54, 1.807) is 36.4 Å². The molecule has 3 aromatic carbocycles. The lowest BCUT2D eigenvalue weighted by Gasteiger charge is -2.14. The number of alkyl halides is 3. The van der Waals surface area contributed by atoms with Crippen LogP contribution < -0.4 is 4.74 Å². The van der Waals surface area contributed by atoms with Gasteiger partial charge in [-0.3, -0.25) is 0 Å². The van der Waals surface area contributed by atoms with Gasteiger partial charge in [-0.1, -0.05) is 41.9 Å². The number of aromatic nitrogens is 1. The number of benzene rings is 3. The number of halogens is 4. The number of ether oxygens (including phenoxy) is 1. The van der Waals surface area contributed by atoms with Gasteiger partial charge in [0.25, 0.3) is 0 Å². The topological polar surface area (TPSA) is 22.1 Å². The minimum atomic E-state index is -4.43. The largest absolute Gasteiger partial charge is 0.438 e. The number of rotatable bonds is 3. The first-order chi connectivity index (χ1) is 13.4. The van der Waals surface area contributed by atoms with Crippen molar-refractivity contribution in [2.75, 3.05) is 0 Å². The quantitative estimate of drug-likeness (QED) is 0.359. The lowest BCUT2D eigenvalue weighted by molar-refractivity contribution is -0.137. The molecule has 0 aliphatic carbocycles. The number of hydrogen-bond acceptors (Lipinski definition) is 2. The van der Waals surface area contributed by atoms with Gasteiger partial charge in [-0.2, -0.15) is 13.2 Å². The van der Waals surface area contributed by atoms with Crippen LogP contribution in [0.15, 0.2) is 78.9 Å². The zero-order valence-corrected chi connectivity index (χ0v) is 15.1. The number of para-hydroxylation sites is 1. The van der Waals surface area contributed by atoms with Crippen molar-refractivity contribution < 1.29 is 17.9 Å². The Kier molecular flexibility index (Phi) is 4.69. The average Bonchev–Trinajstić information content (AvgIpc) is 2.69. The van der Waals surface area contributed by atoms with Crippen LogP contribution in [0.4, 0.5) is 13.2 Å². The van der Waals surface area contributed by atoms with Crippen LogP contribution in [0.2, 0.25) is 5.02 Å². The lowest BCUT2D eigenvalue weighted by atomic mass is 10.0. The minimum absolute atomic E-state index is 0.223. The van der Waals surface area contributed by atoms with Crippen molar-refractivity contribution in [1.82, 2.24) is 4.98 Å². The van der Waals surface area contributed by atoms with E-state index in [0.717, 1.165) is 17.5 Å². The Bertz CT molecular complexity index is 1140. The summed E-state index contributed by atoms with van der Waals surface area (Å²) in [5.41, 5.74) is 0.801. The second-order valence-corrected chi connectivity index (χ2v) is 6.60. The van der Waals surface area contributed by atoms with E-state index in [2.05, 4.69) is 4.98 Å². The van der Waals surface area contributed by atoms with Crippen LogP contribution in [0.25, 0.3) is 22.0 Å². The minimum Gasteiger partial charge on any atom is -0.438 e. The highest BCUT2D eigenvalue weighted by atomic mass is 35.5. The predicted octanol–water partition coefficient (Wildman–Crippen LogP) is 7.37. The first-order valence-electron chi connectivity index (χ1n) is 8.41. The summed E-state index contributed by atoms with van der Waals surface area (Å²) < 4.78 is 45.4. The SMILES string of the molecule is FC(F)(F)c1cccc(-c2cc3ccccc3nc2Oc2ccc(Cl)cc2)c1. The highest BCUT2D eigenvalue weighted by Gasteiger charge is 2.30. The van der Waals surface area contributed by atoms with Crippen molar-refractivity contribution in [2.24, 2.45) is 0 Å². The molecule has 0 atom stereocenters. The van der Waals surface area contributed by atoms with Gasteiger partial charge < -0.3 is 4.74 Å². The van der Waals surface area contributed by atoms with Crippen molar-refractivity contribution >= 4 is 22.5 Å². The Labute approximate surface area is 164 Å². The molecule has 0 N–H and O–H groups in total. The molecule has 1 aromatic heterocycles. The Morgan fingerprint density at radius 1 is 0.821 bits per heavy atom. The summed E-state index contributed by atoms with van der Waals surface area (Å²) in [4.78, 5) is 4.52.